The number of aryl methyl sites for hydroxylation is 1. The van der Waals surface area contributed by atoms with E-state index in [1.807, 2.05) is 18.2 Å². The van der Waals surface area contributed by atoms with Crippen molar-refractivity contribution in [3.05, 3.63) is 65.0 Å². The van der Waals surface area contributed by atoms with E-state index in [1.54, 1.807) is 19.9 Å². The molecule has 1 fully saturated rings. The monoisotopic (exact) mass is 396 g/mol. The molecule has 0 bridgehead atoms. The van der Waals surface area contributed by atoms with E-state index in [-0.39, 0.29) is 17.5 Å². The molecule has 1 heterocycles. The van der Waals surface area contributed by atoms with E-state index in [0.717, 1.165) is 55.6 Å². The lowest BCUT2D eigenvalue weighted by Crippen LogP contribution is -2.35. The lowest BCUT2D eigenvalue weighted by atomic mass is 9.93. The van der Waals surface area contributed by atoms with Gasteiger partial charge in [-0.2, -0.15) is 0 Å². The van der Waals surface area contributed by atoms with Gasteiger partial charge in [0.2, 0.25) is 5.91 Å². The highest BCUT2D eigenvalue weighted by molar-refractivity contribution is 5.94. The van der Waals surface area contributed by atoms with Crippen LogP contribution in [0.5, 0.6) is 0 Å². The zero-order chi connectivity index (χ0) is 20.8. The Morgan fingerprint density at radius 2 is 2.03 bits per heavy atom. The molecule has 1 amide bonds. The summed E-state index contributed by atoms with van der Waals surface area (Å²) in [5.41, 5.74) is 3.31. The van der Waals surface area contributed by atoms with Gasteiger partial charge < -0.3 is 5.32 Å². The predicted octanol–water partition coefficient (Wildman–Crippen LogP) is 4.97. The number of amides is 1. The Labute approximate surface area is 172 Å². The molecular weight excluding hydrogens is 367 g/mol. The van der Waals surface area contributed by atoms with Crippen molar-refractivity contribution in [2.24, 2.45) is 5.92 Å². The normalized spacial score (nSPS) is 17.1. The summed E-state index contributed by atoms with van der Waals surface area (Å²) in [4.78, 5) is 26.3. The van der Waals surface area contributed by atoms with E-state index in [1.165, 1.54) is 12.1 Å². The van der Waals surface area contributed by atoms with Crippen LogP contribution >= 0.6 is 0 Å². The van der Waals surface area contributed by atoms with Crippen molar-refractivity contribution < 1.29 is 14.0 Å². The average molecular weight is 397 g/mol. The number of carbonyl (C=O) groups is 2. The van der Waals surface area contributed by atoms with Gasteiger partial charge in [0.15, 0.2) is 5.78 Å². The molecule has 1 saturated heterocycles. The third-order valence-electron chi connectivity index (χ3n) is 5.58. The van der Waals surface area contributed by atoms with Crippen molar-refractivity contribution in [3.63, 3.8) is 0 Å². The number of benzene rings is 2. The van der Waals surface area contributed by atoms with Crippen molar-refractivity contribution in [3.8, 4) is 0 Å². The summed E-state index contributed by atoms with van der Waals surface area (Å²) in [7, 11) is 0. The van der Waals surface area contributed by atoms with Gasteiger partial charge in [-0.05, 0) is 81.0 Å². The van der Waals surface area contributed by atoms with Crippen LogP contribution in [-0.2, 0) is 11.3 Å². The zero-order valence-electron chi connectivity index (χ0n) is 17.2. The molecule has 2 aromatic rings. The SMILES string of the molecule is CC(=O)c1cccc(CN2CCCC(CCC(=O)Nc3ccc(F)cc3C)C2)c1. The molecule has 1 aliphatic rings. The third-order valence-corrected chi connectivity index (χ3v) is 5.58. The fourth-order valence-electron chi connectivity index (χ4n) is 3.99. The molecule has 2 aromatic carbocycles. The minimum absolute atomic E-state index is 0.0222. The topological polar surface area (TPSA) is 49.4 Å². The number of piperidine rings is 1. The number of hydrogen-bond acceptors (Lipinski definition) is 3. The number of rotatable bonds is 7. The molecule has 0 aliphatic carbocycles. The second-order valence-corrected chi connectivity index (χ2v) is 8.05. The van der Waals surface area contributed by atoms with Crippen LogP contribution in [0.3, 0.4) is 0 Å². The first kappa shape index (κ1) is 21.2. The highest BCUT2D eigenvalue weighted by Gasteiger charge is 2.21. The van der Waals surface area contributed by atoms with Crippen LogP contribution in [0, 0.1) is 18.7 Å². The van der Waals surface area contributed by atoms with Crippen molar-refractivity contribution >= 4 is 17.4 Å². The summed E-state index contributed by atoms with van der Waals surface area (Å²) in [5.74, 6) is 0.258. The van der Waals surface area contributed by atoms with Crippen LogP contribution in [0.4, 0.5) is 10.1 Å². The average Bonchev–Trinajstić information content (AvgIpc) is 2.69. The molecule has 0 spiro atoms. The molecule has 29 heavy (non-hydrogen) atoms. The summed E-state index contributed by atoms with van der Waals surface area (Å²) in [5, 5.41) is 2.89. The number of likely N-dealkylation sites (tertiary alicyclic amines) is 1. The fourth-order valence-corrected chi connectivity index (χ4v) is 3.99. The molecule has 1 atom stereocenters. The smallest absolute Gasteiger partial charge is 0.224 e. The van der Waals surface area contributed by atoms with Crippen LogP contribution in [-0.4, -0.2) is 29.7 Å². The zero-order valence-corrected chi connectivity index (χ0v) is 17.2. The van der Waals surface area contributed by atoms with Gasteiger partial charge >= 0.3 is 0 Å². The van der Waals surface area contributed by atoms with E-state index >= 15 is 0 Å². The van der Waals surface area contributed by atoms with Gasteiger partial charge in [0, 0.05) is 30.8 Å². The first-order chi connectivity index (χ1) is 13.9. The number of carbonyl (C=O) groups excluding carboxylic acids is 2. The molecule has 1 unspecified atom stereocenters. The number of halogens is 1. The molecule has 4 nitrogen and oxygen atoms in total. The lowest BCUT2D eigenvalue weighted by Gasteiger charge is -2.32. The quantitative estimate of drug-likeness (QED) is 0.673. The molecule has 3 rings (SSSR count). The maximum Gasteiger partial charge on any atom is 0.224 e. The van der Waals surface area contributed by atoms with Crippen LogP contribution < -0.4 is 5.32 Å². The van der Waals surface area contributed by atoms with E-state index in [4.69, 9.17) is 0 Å². The van der Waals surface area contributed by atoms with Gasteiger partial charge in [-0.3, -0.25) is 14.5 Å². The first-order valence-electron chi connectivity index (χ1n) is 10.3. The summed E-state index contributed by atoms with van der Waals surface area (Å²) in [6, 6.07) is 12.2. The molecule has 1 aliphatic heterocycles. The Bertz CT molecular complexity index is 881. The van der Waals surface area contributed by atoms with Gasteiger partial charge in [0.25, 0.3) is 0 Å². The molecule has 0 radical (unpaired) electrons. The minimum atomic E-state index is -0.295. The third kappa shape index (κ3) is 6.23. The number of nitrogens with zero attached hydrogens (tertiary/aromatic N) is 1. The van der Waals surface area contributed by atoms with E-state index in [0.29, 0.717) is 18.0 Å². The molecule has 5 heteroatoms. The molecular formula is C24H29FN2O2. The highest BCUT2D eigenvalue weighted by Crippen LogP contribution is 2.23. The van der Waals surface area contributed by atoms with E-state index in [2.05, 4.69) is 16.3 Å². The number of anilines is 1. The van der Waals surface area contributed by atoms with Crippen molar-refractivity contribution in [2.45, 2.75) is 46.1 Å². The van der Waals surface area contributed by atoms with Gasteiger partial charge in [-0.15, -0.1) is 0 Å². The number of hydrogen-bond donors (Lipinski definition) is 1. The molecule has 0 saturated carbocycles. The van der Waals surface area contributed by atoms with Crippen LogP contribution in [0.2, 0.25) is 0 Å². The summed E-state index contributed by atoms with van der Waals surface area (Å²) >= 11 is 0. The van der Waals surface area contributed by atoms with Crippen molar-refractivity contribution in [2.75, 3.05) is 18.4 Å². The highest BCUT2D eigenvalue weighted by atomic mass is 19.1. The largest absolute Gasteiger partial charge is 0.326 e. The fraction of sp³-hybridized carbons (Fsp3) is 0.417. The van der Waals surface area contributed by atoms with Gasteiger partial charge in [0.1, 0.15) is 5.82 Å². The maximum absolute atomic E-state index is 13.2. The standard InChI is InChI=1S/C24H29FN2O2/c1-17-13-22(25)9-10-23(17)26-24(29)11-8-19-6-4-12-27(15-19)16-20-5-3-7-21(14-20)18(2)28/h3,5,7,9-10,13-14,19H,4,6,8,11-12,15-16H2,1-2H3,(H,26,29). The Morgan fingerprint density at radius 1 is 1.21 bits per heavy atom. The molecule has 154 valence electrons. The van der Waals surface area contributed by atoms with E-state index < -0.39 is 0 Å². The Hall–Kier alpha value is -2.53. The second kappa shape index (κ2) is 9.79. The predicted molar refractivity (Wildman–Crippen MR) is 113 cm³/mol. The Morgan fingerprint density at radius 3 is 2.79 bits per heavy atom. The van der Waals surface area contributed by atoms with E-state index in [9.17, 15) is 14.0 Å². The first-order valence-corrected chi connectivity index (χ1v) is 10.3. The summed E-state index contributed by atoms with van der Waals surface area (Å²) < 4.78 is 13.2. The second-order valence-electron chi connectivity index (χ2n) is 8.05. The van der Waals surface area contributed by atoms with Crippen molar-refractivity contribution in [1.82, 2.24) is 4.90 Å². The van der Waals surface area contributed by atoms with Crippen LogP contribution in [0.15, 0.2) is 42.5 Å². The minimum Gasteiger partial charge on any atom is -0.326 e. The Kier molecular flexibility index (Phi) is 7.15. The number of ketones is 1. The summed E-state index contributed by atoms with van der Waals surface area (Å²) in [6.45, 7) is 6.22. The maximum atomic E-state index is 13.2. The number of Topliss-reactive ketones (excluding diaryl/α,β-unsaturated/α-hetero) is 1. The van der Waals surface area contributed by atoms with Gasteiger partial charge in [0.05, 0.1) is 0 Å². The lowest BCUT2D eigenvalue weighted by molar-refractivity contribution is -0.116. The van der Waals surface area contributed by atoms with Crippen LogP contribution in [0.1, 0.15) is 54.1 Å². The molecule has 1 N–H and O–H groups in total. The van der Waals surface area contributed by atoms with Gasteiger partial charge in [-0.25, -0.2) is 4.39 Å². The Balaban J connectivity index is 1.48. The van der Waals surface area contributed by atoms with Crippen molar-refractivity contribution in [1.29, 1.82) is 0 Å². The van der Waals surface area contributed by atoms with Gasteiger partial charge in [-0.1, -0.05) is 18.2 Å². The summed E-state index contributed by atoms with van der Waals surface area (Å²) in [6.07, 6.45) is 3.56. The molecule has 0 aromatic heterocycles. The van der Waals surface area contributed by atoms with Crippen LogP contribution in [0.25, 0.3) is 0 Å². The number of nitrogens with one attached hydrogen (secondary N) is 1.